The van der Waals surface area contributed by atoms with Crippen LogP contribution in [0, 0.1) is 5.92 Å². The van der Waals surface area contributed by atoms with Crippen LogP contribution in [0.15, 0.2) is 18.2 Å². The highest BCUT2D eigenvalue weighted by Crippen LogP contribution is 2.38. The van der Waals surface area contributed by atoms with Gasteiger partial charge in [-0.1, -0.05) is 6.07 Å². The molecule has 5 nitrogen and oxygen atoms in total. The monoisotopic (exact) mass is 305 g/mol. The molecule has 22 heavy (non-hydrogen) atoms. The molecule has 0 N–H and O–H groups in total. The summed E-state index contributed by atoms with van der Waals surface area (Å²) in [5.41, 5.74) is 1.11. The van der Waals surface area contributed by atoms with Crippen LogP contribution in [-0.4, -0.2) is 44.8 Å². The molecule has 5 heteroatoms. The maximum Gasteiger partial charge on any atom is 0.228 e. The molecule has 3 rings (SSSR count). The number of hydrogen-bond acceptors (Lipinski definition) is 4. The third kappa shape index (κ3) is 2.77. The number of ether oxygens (including phenoxy) is 3. The van der Waals surface area contributed by atoms with Crippen LogP contribution in [0.2, 0.25) is 0 Å². The van der Waals surface area contributed by atoms with E-state index in [4.69, 9.17) is 14.2 Å². The Balaban J connectivity index is 1.82. The summed E-state index contributed by atoms with van der Waals surface area (Å²) in [4.78, 5) is 14.7. The van der Waals surface area contributed by atoms with Gasteiger partial charge in [-0.2, -0.15) is 0 Å². The molecule has 2 aliphatic heterocycles. The highest BCUT2D eigenvalue weighted by Gasteiger charge is 2.35. The van der Waals surface area contributed by atoms with E-state index in [-0.39, 0.29) is 17.9 Å². The van der Waals surface area contributed by atoms with E-state index in [0.717, 1.165) is 31.4 Å². The van der Waals surface area contributed by atoms with Gasteiger partial charge < -0.3 is 19.1 Å². The van der Waals surface area contributed by atoms with Crippen LogP contribution in [0.25, 0.3) is 0 Å². The molecule has 2 aliphatic rings. The molecule has 2 saturated heterocycles. The normalized spacial score (nSPS) is 24.5. The number of benzene rings is 1. The summed E-state index contributed by atoms with van der Waals surface area (Å²) in [5, 5.41) is 0. The van der Waals surface area contributed by atoms with Crippen molar-refractivity contribution in [2.45, 2.75) is 25.3 Å². The van der Waals surface area contributed by atoms with E-state index in [9.17, 15) is 4.79 Å². The summed E-state index contributed by atoms with van der Waals surface area (Å²) in [6.07, 6.45) is 2.88. The van der Waals surface area contributed by atoms with Gasteiger partial charge in [-0.25, -0.2) is 0 Å². The Morgan fingerprint density at radius 2 is 2.05 bits per heavy atom. The predicted molar refractivity (Wildman–Crippen MR) is 82.2 cm³/mol. The second kappa shape index (κ2) is 6.57. The van der Waals surface area contributed by atoms with Crippen molar-refractivity contribution in [3.8, 4) is 11.5 Å². The number of hydrogen-bond donors (Lipinski definition) is 0. The smallest absolute Gasteiger partial charge is 0.228 e. The van der Waals surface area contributed by atoms with Crippen molar-refractivity contribution >= 4 is 5.91 Å². The minimum Gasteiger partial charge on any atom is -0.493 e. The van der Waals surface area contributed by atoms with Gasteiger partial charge in [-0.05, 0) is 37.0 Å². The fourth-order valence-corrected chi connectivity index (χ4v) is 3.40. The van der Waals surface area contributed by atoms with E-state index in [1.807, 2.05) is 23.1 Å². The van der Waals surface area contributed by atoms with Gasteiger partial charge >= 0.3 is 0 Å². The van der Waals surface area contributed by atoms with E-state index in [0.29, 0.717) is 24.7 Å². The zero-order valence-electron chi connectivity index (χ0n) is 13.2. The van der Waals surface area contributed by atoms with Crippen molar-refractivity contribution in [3.63, 3.8) is 0 Å². The van der Waals surface area contributed by atoms with Gasteiger partial charge in [0, 0.05) is 13.2 Å². The summed E-state index contributed by atoms with van der Waals surface area (Å²) < 4.78 is 16.0. The molecule has 0 radical (unpaired) electrons. The van der Waals surface area contributed by atoms with Crippen molar-refractivity contribution < 1.29 is 19.0 Å². The van der Waals surface area contributed by atoms with Crippen LogP contribution in [-0.2, 0) is 9.53 Å². The molecule has 2 atom stereocenters. The topological polar surface area (TPSA) is 48.0 Å². The number of methoxy groups -OCH3 is 2. The van der Waals surface area contributed by atoms with E-state index in [2.05, 4.69) is 0 Å². The Bertz CT molecular complexity index is 539. The molecule has 1 amide bonds. The predicted octanol–water partition coefficient (Wildman–Crippen LogP) is 2.40. The number of nitrogens with zero attached hydrogens (tertiary/aromatic N) is 1. The van der Waals surface area contributed by atoms with E-state index < -0.39 is 0 Å². The lowest BCUT2D eigenvalue weighted by atomic mass is 10.0. The van der Waals surface area contributed by atoms with Gasteiger partial charge in [0.05, 0.1) is 32.8 Å². The van der Waals surface area contributed by atoms with Crippen LogP contribution in [0.1, 0.15) is 30.9 Å². The van der Waals surface area contributed by atoms with Crippen LogP contribution in [0.5, 0.6) is 11.5 Å². The molecule has 0 unspecified atom stereocenters. The van der Waals surface area contributed by atoms with Gasteiger partial charge in [0.2, 0.25) is 5.91 Å². The quantitative estimate of drug-likeness (QED) is 0.857. The Hall–Kier alpha value is -1.75. The molecule has 0 aromatic heterocycles. The largest absolute Gasteiger partial charge is 0.493 e. The Morgan fingerprint density at radius 3 is 2.73 bits per heavy atom. The Morgan fingerprint density at radius 1 is 1.23 bits per heavy atom. The third-order valence-corrected chi connectivity index (χ3v) is 4.61. The molecule has 2 heterocycles. The van der Waals surface area contributed by atoms with Crippen molar-refractivity contribution in [1.29, 1.82) is 0 Å². The summed E-state index contributed by atoms with van der Waals surface area (Å²) in [6.45, 7) is 2.09. The van der Waals surface area contributed by atoms with Gasteiger partial charge in [0.15, 0.2) is 11.5 Å². The average Bonchev–Trinajstić information content (AvgIpc) is 3.24. The molecular formula is C17H23NO4. The van der Waals surface area contributed by atoms with E-state index >= 15 is 0 Å². The number of likely N-dealkylation sites (tertiary alicyclic amines) is 1. The van der Waals surface area contributed by atoms with Gasteiger partial charge in [-0.15, -0.1) is 0 Å². The first-order valence-electron chi connectivity index (χ1n) is 7.84. The fraction of sp³-hybridized carbons (Fsp3) is 0.588. The number of carbonyl (C=O) groups excluding carboxylic acids is 1. The maximum absolute atomic E-state index is 12.7. The molecular weight excluding hydrogens is 282 g/mol. The Labute approximate surface area is 131 Å². The minimum absolute atomic E-state index is 0.0285. The molecule has 0 spiro atoms. The molecule has 0 saturated carbocycles. The van der Waals surface area contributed by atoms with Crippen LogP contribution in [0.4, 0.5) is 0 Å². The molecule has 0 bridgehead atoms. The number of amides is 1. The second-order valence-corrected chi connectivity index (χ2v) is 5.86. The molecule has 1 aromatic carbocycles. The second-order valence-electron chi connectivity index (χ2n) is 5.86. The molecule has 2 fully saturated rings. The zero-order chi connectivity index (χ0) is 15.5. The molecule has 120 valence electrons. The first-order chi connectivity index (χ1) is 10.7. The van der Waals surface area contributed by atoms with Crippen LogP contribution < -0.4 is 9.47 Å². The van der Waals surface area contributed by atoms with Crippen LogP contribution >= 0.6 is 0 Å². The van der Waals surface area contributed by atoms with Crippen molar-refractivity contribution in [2.24, 2.45) is 5.92 Å². The van der Waals surface area contributed by atoms with E-state index in [1.54, 1.807) is 14.2 Å². The minimum atomic E-state index is 0.0285. The maximum atomic E-state index is 12.7. The Kier molecular flexibility index (Phi) is 4.52. The molecule has 1 aromatic rings. The lowest BCUT2D eigenvalue weighted by Crippen LogP contribution is -2.36. The van der Waals surface area contributed by atoms with Gasteiger partial charge in [0.1, 0.15) is 0 Å². The summed E-state index contributed by atoms with van der Waals surface area (Å²) in [7, 11) is 3.26. The lowest BCUT2D eigenvalue weighted by molar-refractivity contribution is -0.136. The van der Waals surface area contributed by atoms with Gasteiger partial charge in [0.25, 0.3) is 0 Å². The first-order valence-corrected chi connectivity index (χ1v) is 7.84. The van der Waals surface area contributed by atoms with Crippen molar-refractivity contribution in [2.75, 3.05) is 34.0 Å². The van der Waals surface area contributed by atoms with Crippen molar-refractivity contribution in [3.05, 3.63) is 23.8 Å². The zero-order valence-corrected chi connectivity index (χ0v) is 13.2. The number of carbonyl (C=O) groups is 1. The summed E-state index contributed by atoms with van der Waals surface area (Å²) >= 11 is 0. The first kappa shape index (κ1) is 15.2. The summed E-state index contributed by atoms with van der Waals surface area (Å²) in [5.74, 6) is 1.69. The van der Waals surface area contributed by atoms with E-state index in [1.165, 1.54) is 0 Å². The lowest BCUT2D eigenvalue weighted by Gasteiger charge is -2.27. The number of rotatable bonds is 4. The fourth-order valence-electron chi connectivity index (χ4n) is 3.40. The SMILES string of the molecule is COc1ccc([C@@H]2CCCN2C(=O)[C@H]2CCOC2)cc1OC. The van der Waals surface area contributed by atoms with Gasteiger partial charge in [-0.3, -0.25) is 4.79 Å². The molecule has 0 aliphatic carbocycles. The van der Waals surface area contributed by atoms with Crippen molar-refractivity contribution in [1.82, 2.24) is 4.90 Å². The standard InChI is InChI=1S/C17H23NO4/c1-20-15-6-5-12(10-16(15)21-2)14-4-3-8-18(14)17(19)13-7-9-22-11-13/h5-6,10,13-14H,3-4,7-9,11H2,1-2H3/t13-,14-/m0/s1. The highest BCUT2D eigenvalue weighted by atomic mass is 16.5. The highest BCUT2D eigenvalue weighted by molar-refractivity contribution is 5.80. The summed E-state index contributed by atoms with van der Waals surface area (Å²) in [6, 6.07) is 6.06. The third-order valence-electron chi connectivity index (χ3n) is 4.61. The van der Waals surface area contributed by atoms with Crippen LogP contribution in [0.3, 0.4) is 0 Å². The average molecular weight is 305 g/mol.